The Morgan fingerprint density at radius 3 is 3.00 bits per heavy atom. The topological polar surface area (TPSA) is 66.6 Å². The average Bonchev–Trinajstić information content (AvgIpc) is 2.01. The van der Waals surface area contributed by atoms with Gasteiger partial charge in [-0.15, -0.1) is 0 Å². The van der Waals surface area contributed by atoms with Gasteiger partial charge in [0.25, 0.3) is 0 Å². The molecule has 1 aliphatic rings. The van der Waals surface area contributed by atoms with E-state index < -0.39 is 5.97 Å². The van der Waals surface area contributed by atoms with Gasteiger partial charge in [0.1, 0.15) is 0 Å². The van der Waals surface area contributed by atoms with E-state index in [1.54, 1.807) is 0 Å². The SMILES string of the molecule is NC1CCCN(CCC(=O)O)C1. The number of hydrogen-bond acceptors (Lipinski definition) is 3. The maximum absolute atomic E-state index is 10.3. The zero-order chi connectivity index (χ0) is 8.97. The first-order chi connectivity index (χ1) is 5.68. The van der Waals surface area contributed by atoms with Crippen molar-refractivity contribution in [3.63, 3.8) is 0 Å². The fourth-order valence-electron chi connectivity index (χ4n) is 1.55. The summed E-state index contributed by atoms with van der Waals surface area (Å²) in [7, 11) is 0. The number of likely N-dealkylation sites (tertiary alicyclic amines) is 1. The molecule has 0 aromatic carbocycles. The largest absolute Gasteiger partial charge is 0.481 e. The molecule has 1 unspecified atom stereocenters. The molecule has 12 heavy (non-hydrogen) atoms. The molecule has 1 atom stereocenters. The second-order valence-electron chi connectivity index (χ2n) is 3.35. The Hall–Kier alpha value is -0.610. The summed E-state index contributed by atoms with van der Waals surface area (Å²) in [4.78, 5) is 12.4. The lowest BCUT2D eigenvalue weighted by molar-refractivity contribution is -0.137. The van der Waals surface area contributed by atoms with Gasteiger partial charge >= 0.3 is 5.97 Å². The molecule has 0 radical (unpaired) electrons. The van der Waals surface area contributed by atoms with Crippen molar-refractivity contribution < 1.29 is 9.90 Å². The monoisotopic (exact) mass is 172 g/mol. The minimum absolute atomic E-state index is 0.229. The molecule has 0 aromatic heterocycles. The lowest BCUT2D eigenvalue weighted by Crippen LogP contribution is -2.43. The van der Waals surface area contributed by atoms with Crippen LogP contribution in [0.25, 0.3) is 0 Å². The number of nitrogens with zero attached hydrogens (tertiary/aromatic N) is 1. The second-order valence-corrected chi connectivity index (χ2v) is 3.35. The van der Waals surface area contributed by atoms with E-state index in [1.807, 2.05) is 0 Å². The zero-order valence-corrected chi connectivity index (χ0v) is 7.20. The van der Waals surface area contributed by atoms with Gasteiger partial charge in [0, 0.05) is 19.1 Å². The van der Waals surface area contributed by atoms with Crippen molar-refractivity contribution in [3.05, 3.63) is 0 Å². The Morgan fingerprint density at radius 1 is 1.67 bits per heavy atom. The van der Waals surface area contributed by atoms with Gasteiger partial charge in [0.15, 0.2) is 0 Å². The van der Waals surface area contributed by atoms with Gasteiger partial charge < -0.3 is 15.7 Å². The number of carboxylic acid groups (broad SMARTS) is 1. The molecule has 0 amide bonds. The van der Waals surface area contributed by atoms with Crippen molar-refractivity contribution in [1.82, 2.24) is 4.90 Å². The normalized spacial score (nSPS) is 25.6. The minimum atomic E-state index is -0.728. The van der Waals surface area contributed by atoms with E-state index in [9.17, 15) is 4.79 Å². The van der Waals surface area contributed by atoms with E-state index in [1.165, 1.54) is 0 Å². The standard InChI is InChI=1S/C8H16N2O2/c9-7-2-1-4-10(6-7)5-3-8(11)12/h7H,1-6,9H2,(H,11,12). The fourth-order valence-corrected chi connectivity index (χ4v) is 1.55. The second kappa shape index (κ2) is 4.42. The maximum Gasteiger partial charge on any atom is 0.304 e. The molecule has 1 heterocycles. The Balaban J connectivity index is 2.18. The van der Waals surface area contributed by atoms with Gasteiger partial charge in [0.05, 0.1) is 6.42 Å². The van der Waals surface area contributed by atoms with Crippen LogP contribution in [0.4, 0.5) is 0 Å². The highest BCUT2D eigenvalue weighted by Gasteiger charge is 2.16. The van der Waals surface area contributed by atoms with Crippen LogP contribution in [0.1, 0.15) is 19.3 Å². The van der Waals surface area contributed by atoms with Gasteiger partial charge in [0.2, 0.25) is 0 Å². The van der Waals surface area contributed by atoms with Crippen LogP contribution in [0.2, 0.25) is 0 Å². The van der Waals surface area contributed by atoms with E-state index >= 15 is 0 Å². The van der Waals surface area contributed by atoms with Crippen molar-refractivity contribution in [3.8, 4) is 0 Å². The predicted molar refractivity (Wildman–Crippen MR) is 45.9 cm³/mol. The lowest BCUT2D eigenvalue weighted by atomic mass is 10.1. The number of hydrogen-bond donors (Lipinski definition) is 2. The van der Waals surface area contributed by atoms with Crippen molar-refractivity contribution in [2.75, 3.05) is 19.6 Å². The minimum Gasteiger partial charge on any atom is -0.481 e. The zero-order valence-electron chi connectivity index (χ0n) is 7.20. The first-order valence-electron chi connectivity index (χ1n) is 4.38. The molecule has 0 bridgehead atoms. The van der Waals surface area contributed by atoms with Gasteiger partial charge in [-0.05, 0) is 19.4 Å². The molecule has 0 aliphatic carbocycles. The first-order valence-corrected chi connectivity index (χ1v) is 4.38. The fraction of sp³-hybridized carbons (Fsp3) is 0.875. The molecule has 3 N–H and O–H groups in total. The summed E-state index contributed by atoms with van der Waals surface area (Å²) < 4.78 is 0. The number of carboxylic acids is 1. The van der Waals surface area contributed by atoms with Gasteiger partial charge in [-0.2, -0.15) is 0 Å². The molecule has 0 spiro atoms. The first kappa shape index (κ1) is 9.48. The van der Waals surface area contributed by atoms with Crippen LogP contribution in [0.15, 0.2) is 0 Å². The quantitative estimate of drug-likeness (QED) is 0.623. The predicted octanol–water partition coefficient (Wildman–Crippen LogP) is -0.116. The van der Waals surface area contributed by atoms with Crippen LogP contribution in [-0.2, 0) is 4.79 Å². The molecule has 1 rings (SSSR count). The highest BCUT2D eigenvalue weighted by atomic mass is 16.4. The van der Waals surface area contributed by atoms with Gasteiger partial charge in [-0.3, -0.25) is 4.79 Å². The summed E-state index contributed by atoms with van der Waals surface area (Å²) in [6.07, 6.45) is 2.40. The summed E-state index contributed by atoms with van der Waals surface area (Å²) in [6, 6.07) is 0.243. The molecular weight excluding hydrogens is 156 g/mol. The Bertz CT molecular complexity index is 161. The number of aliphatic carboxylic acids is 1. The Morgan fingerprint density at radius 2 is 2.42 bits per heavy atom. The molecule has 0 saturated carbocycles. The molecule has 1 aliphatic heterocycles. The van der Waals surface area contributed by atoms with Crippen LogP contribution in [0, 0.1) is 0 Å². The summed E-state index contributed by atoms with van der Waals surface area (Å²) >= 11 is 0. The molecular formula is C8H16N2O2. The van der Waals surface area contributed by atoms with Crippen molar-refractivity contribution in [1.29, 1.82) is 0 Å². The van der Waals surface area contributed by atoms with E-state index in [2.05, 4.69) is 4.90 Å². The summed E-state index contributed by atoms with van der Waals surface area (Å²) in [5, 5.41) is 8.45. The van der Waals surface area contributed by atoms with Crippen molar-refractivity contribution in [2.24, 2.45) is 5.73 Å². The van der Waals surface area contributed by atoms with Crippen LogP contribution in [-0.4, -0.2) is 41.7 Å². The summed E-state index contributed by atoms with van der Waals surface area (Å²) in [6.45, 7) is 2.50. The van der Waals surface area contributed by atoms with E-state index in [4.69, 9.17) is 10.8 Å². The van der Waals surface area contributed by atoms with Crippen LogP contribution in [0.3, 0.4) is 0 Å². The molecule has 1 saturated heterocycles. The molecule has 4 nitrogen and oxygen atoms in total. The van der Waals surface area contributed by atoms with Crippen LogP contribution < -0.4 is 5.73 Å². The summed E-state index contributed by atoms with van der Waals surface area (Å²) in [5.74, 6) is -0.728. The van der Waals surface area contributed by atoms with Crippen LogP contribution in [0.5, 0.6) is 0 Å². The third kappa shape index (κ3) is 3.19. The maximum atomic E-state index is 10.3. The van der Waals surface area contributed by atoms with E-state index in [-0.39, 0.29) is 12.5 Å². The van der Waals surface area contributed by atoms with Crippen LogP contribution >= 0.6 is 0 Å². The van der Waals surface area contributed by atoms with Crippen molar-refractivity contribution >= 4 is 5.97 Å². The van der Waals surface area contributed by atoms with Gasteiger partial charge in [-0.25, -0.2) is 0 Å². The lowest BCUT2D eigenvalue weighted by Gasteiger charge is -2.29. The number of piperidine rings is 1. The third-order valence-corrected chi connectivity index (χ3v) is 2.18. The van der Waals surface area contributed by atoms with Crippen molar-refractivity contribution in [2.45, 2.75) is 25.3 Å². The van der Waals surface area contributed by atoms with E-state index in [0.717, 1.165) is 25.9 Å². The highest BCUT2D eigenvalue weighted by molar-refractivity contribution is 5.66. The molecule has 4 heteroatoms. The molecule has 70 valence electrons. The Labute approximate surface area is 72.3 Å². The number of nitrogens with two attached hydrogens (primary N) is 1. The summed E-state index contributed by atoms with van der Waals surface area (Å²) in [5.41, 5.74) is 5.74. The number of carbonyl (C=O) groups is 1. The highest BCUT2D eigenvalue weighted by Crippen LogP contribution is 2.07. The average molecular weight is 172 g/mol. The molecule has 1 fully saturated rings. The van der Waals surface area contributed by atoms with E-state index in [0.29, 0.717) is 6.54 Å². The van der Waals surface area contributed by atoms with Gasteiger partial charge in [-0.1, -0.05) is 0 Å². The molecule has 0 aromatic rings. The smallest absolute Gasteiger partial charge is 0.304 e. The number of rotatable bonds is 3. The third-order valence-electron chi connectivity index (χ3n) is 2.18. The Kier molecular flexibility index (Phi) is 3.49.